The summed E-state index contributed by atoms with van der Waals surface area (Å²) in [6.07, 6.45) is 0. The van der Waals surface area contributed by atoms with Gasteiger partial charge in [-0.1, -0.05) is 60.4 Å². The first-order chi connectivity index (χ1) is 9.25. The van der Waals surface area contributed by atoms with Gasteiger partial charge in [-0.25, -0.2) is 5.01 Å². The summed E-state index contributed by atoms with van der Waals surface area (Å²) in [5.41, 5.74) is 1.78. The number of hydrogen-bond acceptors (Lipinski definition) is 2. The van der Waals surface area contributed by atoms with E-state index in [0.717, 1.165) is 11.4 Å². The summed E-state index contributed by atoms with van der Waals surface area (Å²) >= 11 is 14.9. The van der Waals surface area contributed by atoms with E-state index in [4.69, 9.17) is 23.8 Å². The maximum Gasteiger partial charge on any atom is 0.193 e. The molecule has 6 heteroatoms. The molecule has 0 heterocycles. The van der Waals surface area contributed by atoms with E-state index in [1.165, 1.54) is 0 Å². The zero-order valence-electron chi connectivity index (χ0n) is 12.1. The molecule has 0 radical (unpaired) electrons. The Morgan fingerprint density at radius 2 is 2.00 bits per heavy atom. The molecule has 0 aliphatic carbocycles. The molecule has 110 valence electrons. The Balaban J connectivity index is 2.83. The number of halogens is 2. The summed E-state index contributed by atoms with van der Waals surface area (Å²) in [4.78, 5) is 0. The number of para-hydroxylation sites is 1. The van der Waals surface area contributed by atoms with Gasteiger partial charge in [-0.05, 0) is 24.4 Å². The molecule has 0 spiro atoms. The molecule has 0 saturated heterocycles. The van der Waals surface area contributed by atoms with Crippen molar-refractivity contribution in [2.45, 2.75) is 20.8 Å². The highest BCUT2D eigenvalue weighted by molar-refractivity contribution is 9.09. The van der Waals surface area contributed by atoms with E-state index in [2.05, 4.69) is 47.1 Å². The topological polar surface area (TPSA) is 27.6 Å². The Labute approximate surface area is 139 Å². The molecule has 0 aliphatic heterocycles. The molecule has 1 rings (SSSR count). The largest absolute Gasteiger partial charge is 0.330 e. The molecule has 0 saturated carbocycles. The molecule has 20 heavy (non-hydrogen) atoms. The molecule has 0 aromatic heterocycles. The normalized spacial score (nSPS) is 12.2. The molecular formula is C14H19BrClN3S. The van der Waals surface area contributed by atoms with Crippen LogP contribution in [-0.2, 0) is 0 Å². The molecule has 1 N–H and O–H groups in total. The summed E-state index contributed by atoms with van der Waals surface area (Å²) < 4.78 is 0. The summed E-state index contributed by atoms with van der Waals surface area (Å²) in [5, 5.41) is 11.1. The van der Waals surface area contributed by atoms with Crippen LogP contribution >= 0.6 is 39.7 Å². The third-order valence-corrected chi connectivity index (χ3v) is 3.90. The zero-order chi connectivity index (χ0) is 15.3. The highest BCUT2D eigenvalue weighted by atomic mass is 79.9. The number of nitrogens with zero attached hydrogens (tertiary/aromatic N) is 2. The van der Waals surface area contributed by atoms with Gasteiger partial charge in [-0.15, -0.1) is 0 Å². The first kappa shape index (κ1) is 17.4. The second kappa shape index (κ2) is 7.38. The fourth-order valence-electron chi connectivity index (χ4n) is 1.36. The molecule has 0 unspecified atom stereocenters. The van der Waals surface area contributed by atoms with Gasteiger partial charge in [0.1, 0.15) is 0 Å². The third kappa shape index (κ3) is 5.04. The van der Waals surface area contributed by atoms with Gasteiger partial charge in [0.05, 0.1) is 16.4 Å². The predicted octanol–water partition coefficient (Wildman–Crippen LogP) is 4.77. The SMILES string of the molecule is CN(/N=C(/CBr)C(C)(C)C)C(=S)Nc1ccccc1Cl. The van der Waals surface area contributed by atoms with E-state index in [-0.39, 0.29) is 5.41 Å². The number of nitrogens with one attached hydrogen (secondary N) is 1. The maximum atomic E-state index is 6.09. The van der Waals surface area contributed by atoms with Crippen LogP contribution in [0.25, 0.3) is 0 Å². The molecular weight excluding hydrogens is 358 g/mol. The van der Waals surface area contributed by atoms with Crippen LogP contribution in [0.1, 0.15) is 20.8 Å². The lowest BCUT2D eigenvalue weighted by molar-refractivity contribution is 0.515. The molecule has 0 fully saturated rings. The van der Waals surface area contributed by atoms with Gasteiger partial charge in [0.15, 0.2) is 5.11 Å². The van der Waals surface area contributed by atoms with Gasteiger partial charge in [0.25, 0.3) is 0 Å². The lowest BCUT2D eigenvalue weighted by atomic mass is 9.91. The van der Waals surface area contributed by atoms with Gasteiger partial charge in [0.2, 0.25) is 0 Å². The minimum absolute atomic E-state index is 0.0161. The Hall–Kier alpha value is -0.650. The highest BCUT2D eigenvalue weighted by Crippen LogP contribution is 2.21. The van der Waals surface area contributed by atoms with Crippen LogP contribution in [0.2, 0.25) is 5.02 Å². The first-order valence-electron chi connectivity index (χ1n) is 6.19. The minimum Gasteiger partial charge on any atom is -0.330 e. The van der Waals surface area contributed by atoms with Crippen molar-refractivity contribution in [3.8, 4) is 0 Å². The number of hydrazone groups is 1. The highest BCUT2D eigenvalue weighted by Gasteiger charge is 2.19. The Morgan fingerprint density at radius 3 is 2.50 bits per heavy atom. The first-order valence-corrected chi connectivity index (χ1v) is 8.09. The fraction of sp³-hybridized carbons (Fsp3) is 0.429. The number of hydrogen-bond donors (Lipinski definition) is 1. The quantitative estimate of drug-likeness (QED) is 0.356. The molecule has 0 bridgehead atoms. The lowest BCUT2D eigenvalue weighted by Gasteiger charge is -2.24. The standard InChI is InChI=1S/C14H19BrClN3S/c1-14(2,3)12(9-15)18-19(4)13(20)17-11-8-6-5-7-10(11)16/h5-8H,9H2,1-4H3,(H,17,20)/b18-12-. The van der Waals surface area contributed by atoms with E-state index in [1.807, 2.05) is 31.3 Å². The second-order valence-corrected chi connectivity index (χ2v) is 6.72. The fourth-order valence-corrected chi connectivity index (χ4v) is 2.65. The van der Waals surface area contributed by atoms with Gasteiger partial charge in [-0.3, -0.25) is 0 Å². The summed E-state index contributed by atoms with van der Waals surface area (Å²) in [6.45, 7) is 6.35. The van der Waals surface area contributed by atoms with E-state index in [1.54, 1.807) is 5.01 Å². The van der Waals surface area contributed by atoms with Crippen LogP contribution in [0.5, 0.6) is 0 Å². The summed E-state index contributed by atoms with van der Waals surface area (Å²) in [7, 11) is 1.82. The number of alkyl halides is 1. The van der Waals surface area contributed by atoms with Crippen LogP contribution in [0.4, 0.5) is 5.69 Å². The summed E-state index contributed by atoms with van der Waals surface area (Å²) in [5.74, 6) is 0. The van der Waals surface area contributed by atoms with Crippen molar-refractivity contribution in [1.29, 1.82) is 0 Å². The molecule has 1 aromatic rings. The van der Waals surface area contributed by atoms with Crippen molar-refractivity contribution < 1.29 is 0 Å². The molecule has 1 aromatic carbocycles. The average molecular weight is 377 g/mol. The molecule has 0 aliphatic rings. The van der Waals surface area contributed by atoms with Crippen LogP contribution in [0, 0.1) is 5.41 Å². The average Bonchev–Trinajstić information content (AvgIpc) is 2.36. The van der Waals surface area contributed by atoms with Crippen LogP contribution in [0.3, 0.4) is 0 Å². The number of anilines is 1. The smallest absolute Gasteiger partial charge is 0.193 e. The van der Waals surface area contributed by atoms with Crippen molar-refractivity contribution in [2.24, 2.45) is 10.5 Å². The van der Waals surface area contributed by atoms with Crippen molar-refractivity contribution in [3.63, 3.8) is 0 Å². The van der Waals surface area contributed by atoms with E-state index < -0.39 is 0 Å². The van der Waals surface area contributed by atoms with Crippen molar-refractivity contribution >= 4 is 56.3 Å². The number of benzene rings is 1. The third-order valence-electron chi connectivity index (χ3n) is 2.67. The van der Waals surface area contributed by atoms with Crippen molar-refractivity contribution in [3.05, 3.63) is 29.3 Å². The van der Waals surface area contributed by atoms with Crippen molar-refractivity contribution in [2.75, 3.05) is 17.7 Å². The van der Waals surface area contributed by atoms with Gasteiger partial charge in [0, 0.05) is 17.8 Å². The summed E-state index contributed by atoms with van der Waals surface area (Å²) in [6, 6.07) is 7.47. The zero-order valence-corrected chi connectivity index (χ0v) is 15.2. The van der Waals surface area contributed by atoms with E-state index in [0.29, 0.717) is 15.5 Å². The van der Waals surface area contributed by atoms with Gasteiger partial charge >= 0.3 is 0 Å². The van der Waals surface area contributed by atoms with Crippen LogP contribution < -0.4 is 5.32 Å². The van der Waals surface area contributed by atoms with Gasteiger partial charge < -0.3 is 5.32 Å². The Morgan fingerprint density at radius 1 is 1.40 bits per heavy atom. The monoisotopic (exact) mass is 375 g/mol. The Kier molecular flexibility index (Phi) is 6.43. The second-order valence-electron chi connectivity index (χ2n) is 5.36. The molecule has 3 nitrogen and oxygen atoms in total. The van der Waals surface area contributed by atoms with Crippen LogP contribution in [0.15, 0.2) is 29.4 Å². The van der Waals surface area contributed by atoms with E-state index >= 15 is 0 Å². The van der Waals surface area contributed by atoms with Gasteiger partial charge in [-0.2, -0.15) is 5.10 Å². The Bertz CT molecular complexity index is 511. The van der Waals surface area contributed by atoms with Crippen LogP contribution in [-0.4, -0.2) is 28.2 Å². The van der Waals surface area contributed by atoms with Crippen molar-refractivity contribution in [1.82, 2.24) is 5.01 Å². The lowest BCUT2D eigenvalue weighted by Crippen LogP contribution is -2.31. The maximum absolute atomic E-state index is 6.09. The number of rotatable bonds is 3. The molecule has 0 amide bonds. The minimum atomic E-state index is -0.0161. The predicted molar refractivity (Wildman–Crippen MR) is 96.1 cm³/mol. The molecule has 0 atom stereocenters. The number of thiocarbonyl (C=S) groups is 1. The van der Waals surface area contributed by atoms with E-state index in [9.17, 15) is 0 Å².